The number of hydrogen-bond donors (Lipinski definition) is 1. The van der Waals surface area contributed by atoms with E-state index < -0.39 is 5.97 Å². The minimum absolute atomic E-state index is 0.0395. The van der Waals surface area contributed by atoms with Crippen molar-refractivity contribution in [2.24, 2.45) is 0 Å². The van der Waals surface area contributed by atoms with Gasteiger partial charge in [0.2, 0.25) is 0 Å². The van der Waals surface area contributed by atoms with Gasteiger partial charge in [-0.3, -0.25) is 4.90 Å². The Balaban J connectivity index is 2.00. The molecule has 0 spiro atoms. The van der Waals surface area contributed by atoms with Crippen LogP contribution in [0.5, 0.6) is 0 Å². The largest absolute Gasteiger partial charge is 0.477 e. The van der Waals surface area contributed by atoms with E-state index in [0.29, 0.717) is 13.1 Å². The Morgan fingerprint density at radius 2 is 1.85 bits per heavy atom. The van der Waals surface area contributed by atoms with E-state index in [2.05, 4.69) is 4.98 Å². The number of aromatic nitrogens is 1. The number of carbonyl (C=O) groups is 1. The van der Waals surface area contributed by atoms with E-state index >= 15 is 0 Å². The molecule has 2 rings (SSSR count). The Kier molecular flexibility index (Phi) is 4.42. The number of carboxylic acids is 1. The van der Waals surface area contributed by atoms with Crippen molar-refractivity contribution < 1.29 is 14.3 Å². The summed E-state index contributed by atoms with van der Waals surface area (Å²) in [5.41, 5.74) is 1.92. The van der Waals surface area contributed by atoms with Crippen LogP contribution in [0.1, 0.15) is 21.6 Å². The topological polar surface area (TPSA) is 53.4 Å². The molecule has 0 amide bonds. The second-order valence-electron chi connectivity index (χ2n) is 4.65. The maximum atomic E-state index is 12.8. The zero-order valence-electron chi connectivity index (χ0n) is 11.1. The first kappa shape index (κ1) is 14.1. The number of benzene rings is 1. The van der Waals surface area contributed by atoms with Crippen molar-refractivity contribution in [3.8, 4) is 0 Å². The molecule has 0 bridgehead atoms. The first-order valence-electron chi connectivity index (χ1n) is 6.16. The minimum atomic E-state index is -1.03. The molecule has 0 atom stereocenters. The molecule has 1 N–H and O–H groups in total. The van der Waals surface area contributed by atoms with Crippen molar-refractivity contribution >= 4 is 5.97 Å². The molecule has 1 aromatic heterocycles. The van der Waals surface area contributed by atoms with Gasteiger partial charge >= 0.3 is 5.97 Å². The molecule has 0 radical (unpaired) electrons. The Hall–Kier alpha value is -2.27. The molecule has 20 heavy (non-hydrogen) atoms. The number of pyridine rings is 1. The lowest BCUT2D eigenvalue weighted by Gasteiger charge is -2.17. The Morgan fingerprint density at radius 1 is 1.20 bits per heavy atom. The highest BCUT2D eigenvalue weighted by Gasteiger charge is 2.07. The first-order valence-corrected chi connectivity index (χ1v) is 6.16. The second-order valence-corrected chi connectivity index (χ2v) is 4.65. The zero-order valence-corrected chi connectivity index (χ0v) is 11.1. The summed E-state index contributed by atoms with van der Waals surface area (Å²) in [5.74, 6) is -1.29. The summed E-state index contributed by atoms with van der Waals surface area (Å²) in [7, 11) is 1.92. The maximum Gasteiger partial charge on any atom is 0.354 e. The van der Waals surface area contributed by atoms with Crippen LogP contribution in [0.3, 0.4) is 0 Å². The monoisotopic (exact) mass is 274 g/mol. The van der Waals surface area contributed by atoms with E-state index in [1.165, 1.54) is 18.3 Å². The molecule has 5 heteroatoms. The number of aromatic carboxylic acids is 1. The molecule has 0 aliphatic rings. The predicted molar refractivity (Wildman–Crippen MR) is 72.8 cm³/mol. The highest BCUT2D eigenvalue weighted by atomic mass is 19.1. The fourth-order valence-electron chi connectivity index (χ4n) is 1.96. The molecule has 4 nitrogen and oxygen atoms in total. The van der Waals surface area contributed by atoms with Gasteiger partial charge in [-0.15, -0.1) is 0 Å². The van der Waals surface area contributed by atoms with Crippen LogP contribution < -0.4 is 0 Å². The molecular formula is C15H15FN2O2. The van der Waals surface area contributed by atoms with Crippen molar-refractivity contribution in [3.05, 3.63) is 65.2 Å². The van der Waals surface area contributed by atoms with Gasteiger partial charge in [-0.25, -0.2) is 14.2 Å². The highest BCUT2D eigenvalue weighted by Crippen LogP contribution is 2.10. The summed E-state index contributed by atoms with van der Waals surface area (Å²) in [6.45, 7) is 1.26. The van der Waals surface area contributed by atoms with Crippen molar-refractivity contribution in [1.29, 1.82) is 0 Å². The van der Waals surface area contributed by atoms with Crippen molar-refractivity contribution in [2.75, 3.05) is 7.05 Å². The fraction of sp³-hybridized carbons (Fsp3) is 0.200. The molecule has 1 heterocycles. The van der Waals surface area contributed by atoms with Gasteiger partial charge in [0.25, 0.3) is 0 Å². The maximum absolute atomic E-state index is 12.8. The van der Waals surface area contributed by atoms with E-state index in [1.807, 2.05) is 11.9 Å². The summed E-state index contributed by atoms with van der Waals surface area (Å²) < 4.78 is 12.8. The molecule has 1 aromatic carbocycles. The van der Waals surface area contributed by atoms with E-state index in [0.717, 1.165) is 11.1 Å². The third-order valence-electron chi connectivity index (χ3n) is 2.86. The highest BCUT2D eigenvalue weighted by molar-refractivity contribution is 5.85. The first-order chi connectivity index (χ1) is 9.54. The van der Waals surface area contributed by atoms with Crippen LogP contribution in [0.2, 0.25) is 0 Å². The van der Waals surface area contributed by atoms with Gasteiger partial charge in [0.1, 0.15) is 11.5 Å². The average Bonchev–Trinajstić information content (AvgIpc) is 2.41. The van der Waals surface area contributed by atoms with Crippen molar-refractivity contribution in [2.45, 2.75) is 13.1 Å². The molecule has 2 aromatic rings. The van der Waals surface area contributed by atoms with Gasteiger partial charge in [-0.05, 0) is 42.4 Å². The second kappa shape index (κ2) is 6.25. The number of nitrogens with zero attached hydrogens (tertiary/aromatic N) is 2. The van der Waals surface area contributed by atoms with Crippen LogP contribution in [0.4, 0.5) is 4.39 Å². The molecule has 0 fully saturated rings. The van der Waals surface area contributed by atoms with Crippen LogP contribution in [-0.4, -0.2) is 28.0 Å². The number of rotatable bonds is 5. The lowest BCUT2D eigenvalue weighted by atomic mass is 10.2. The van der Waals surface area contributed by atoms with Crippen LogP contribution in [-0.2, 0) is 13.1 Å². The molecule has 0 saturated heterocycles. The lowest BCUT2D eigenvalue weighted by Crippen LogP contribution is -2.17. The molecule has 0 aliphatic heterocycles. The van der Waals surface area contributed by atoms with Gasteiger partial charge in [-0.1, -0.05) is 12.1 Å². The lowest BCUT2D eigenvalue weighted by molar-refractivity contribution is 0.0690. The predicted octanol–water partition coefficient (Wildman–Crippen LogP) is 2.55. The van der Waals surface area contributed by atoms with Gasteiger partial charge in [0.15, 0.2) is 0 Å². The Bertz CT molecular complexity index is 599. The van der Waals surface area contributed by atoms with Crippen molar-refractivity contribution in [1.82, 2.24) is 9.88 Å². The molecule has 0 saturated carbocycles. The normalized spacial score (nSPS) is 10.8. The SMILES string of the molecule is CN(Cc1ccc(F)cc1)Cc1ccnc(C(=O)O)c1. The van der Waals surface area contributed by atoms with Gasteiger partial charge < -0.3 is 5.11 Å². The molecule has 0 aliphatic carbocycles. The minimum Gasteiger partial charge on any atom is -0.477 e. The number of hydrogen-bond acceptors (Lipinski definition) is 3. The smallest absolute Gasteiger partial charge is 0.354 e. The summed E-state index contributed by atoms with van der Waals surface area (Å²) in [4.78, 5) is 16.7. The number of carboxylic acid groups (broad SMARTS) is 1. The summed E-state index contributed by atoms with van der Waals surface area (Å²) in [6.07, 6.45) is 1.49. The van der Waals surface area contributed by atoms with Crippen LogP contribution >= 0.6 is 0 Å². The summed E-state index contributed by atoms with van der Waals surface area (Å²) in [5, 5.41) is 8.89. The molecule has 0 unspecified atom stereocenters. The van der Waals surface area contributed by atoms with E-state index in [1.54, 1.807) is 24.3 Å². The fourth-order valence-corrected chi connectivity index (χ4v) is 1.96. The van der Waals surface area contributed by atoms with Crippen molar-refractivity contribution in [3.63, 3.8) is 0 Å². The Labute approximate surface area is 116 Å². The number of halogens is 1. The molecule has 104 valence electrons. The zero-order chi connectivity index (χ0) is 14.5. The summed E-state index contributed by atoms with van der Waals surface area (Å²) in [6, 6.07) is 9.68. The van der Waals surface area contributed by atoms with Crippen LogP contribution in [0.15, 0.2) is 42.6 Å². The van der Waals surface area contributed by atoms with Gasteiger partial charge in [0, 0.05) is 19.3 Å². The Morgan fingerprint density at radius 3 is 2.50 bits per heavy atom. The third-order valence-corrected chi connectivity index (χ3v) is 2.86. The summed E-state index contributed by atoms with van der Waals surface area (Å²) >= 11 is 0. The quantitative estimate of drug-likeness (QED) is 0.910. The van der Waals surface area contributed by atoms with Crippen LogP contribution in [0.25, 0.3) is 0 Å². The van der Waals surface area contributed by atoms with E-state index in [9.17, 15) is 9.18 Å². The average molecular weight is 274 g/mol. The van der Waals surface area contributed by atoms with Gasteiger partial charge in [-0.2, -0.15) is 0 Å². The van der Waals surface area contributed by atoms with Crippen LogP contribution in [0, 0.1) is 5.82 Å². The molecular weight excluding hydrogens is 259 g/mol. The third kappa shape index (κ3) is 3.86. The standard InChI is InChI=1S/C15H15FN2O2/c1-18(9-11-2-4-13(16)5-3-11)10-12-6-7-17-14(8-12)15(19)20/h2-8H,9-10H2,1H3,(H,19,20). The van der Waals surface area contributed by atoms with E-state index in [-0.39, 0.29) is 11.5 Å². The van der Waals surface area contributed by atoms with E-state index in [4.69, 9.17) is 5.11 Å². The van der Waals surface area contributed by atoms with Gasteiger partial charge in [0.05, 0.1) is 0 Å².